The van der Waals surface area contributed by atoms with E-state index in [9.17, 15) is 19.5 Å². The van der Waals surface area contributed by atoms with Gasteiger partial charge < -0.3 is 15.4 Å². The number of nitrogens with one attached hydrogen (secondary N) is 2. The second-order valence-corrected chi connectivity index (χ2v) is 6.10. The average Bonchev–Trinajstić information content (AvgIpc) is 2.77. The van der Waals surface area contributed by atoms with Crippen LogP contribution in [-0.2, 0) is 11.2 Å². The number of aromatic amines is 1. The predicted molar refractivity (Wildman–Crippen MR) is 81.2 cm³/mol. The Labute approximate surface area is 129 Å². The molecule has 120 valence electrons. The number of carboxylic acids is 1. The lowest BCUT2D eigenvalue weighted by Crippen LogP contribution is -2.52. The molecule has 0 radical (unpaired) electrons. The molecule has 1 unspecified atom stereocenters. The fourth-order valence-electron chi connectivity index (χ4n) is 3.04. The number of ketones is 1. The van der Waals surface area contributed by atoms with Gasteiger partial charge in [-0.25, -0.2) is 4.79 Å². The number of hydrogen-bond donors (Lipinski definition) is 3. The molecular weight excluding hydrogens is 284 g/mol. The topological polar surface area (TPSA) is 99.3 Å². The largest absolute Gasteiger partial charge is 0.480 e. The van der Waals surface area contributed by atoms with Crippen molar-refractivity contribution >= 4 is 17.7 Å². The second kappa shape index (κ2) is 5.94. The lowest BCUT2D eigenvalue weighted by atomic mass is 9.93. The Balaban J connectivity index is 2.31. The minimum absolute atomic E-state index is 0.0450. The number of rotatable bonds is 5. The molecule has 0 saturated heterocycles. The number of hydrogen-bond acceptors (Lipinski definition) is 3. The van der Waals surface area contributed by atoms with Crippen molar-refractivity contribution in [1.82, 2.24) is 10.3 Å². The zero-order valence-electron chi connectivity index (χ0n) is 13.2. The molecule has 1 amide bonds. The van der Waals surface area contributed by atoms with Crippen molar-refractivity contribution in [1.29, 1.82) is 0 Å². The number of aromatic nitrogens is 1. The molecule has 0 fully saturated rings. The molecule has 1 aromatic heterocycles. The Hall–Kier alpha value is -2.11. The van der Waals surface area contributed by atoms with Crippen LogP contribution >= 0.6 is 0 Å². The summed E-state index contributed by atoms with van der Waals surface area (Å²) in [4.78, 5) is 38.9. The van der Waals surface area contributed by atoms with Crippen molar-refractivity contribution in [3.05, 3.63) is 22.5 Å². The third-order valence-electron chi connectivity index (χ3n) is 4.28. The first kappa shape index (κ1) is 16.3. The van der Waals surface area contributed by atoms with E-state index in [1.807, 2.05) is 6.92 Å². The number of aryl methyl sites for hydroxylation is 1. The molecule has 1 aromatic rings. The van der Waals surface area contributed by atoms with Crippen LogP contribution in [0.2, 0.25) is 0 Å². The van der Waals surface area contributed by atoms with E-state index < -0.39 is 17.4 Å². The summed E-state index contributed by atoms with van der Waals surface area (Å²) >= 11 is 0. The van der Waals surface area contributed by atoms with Gasteiger partial charge in [-0.1, -0.05) is 13.3 Å². The molecule has 22 heavy (non-hydrogen) atoms. The summed E-state index contributed by atoms with van der Waals surface area (Å²) in [5, 5.41) is 11.9. The highest BCUT2D eigenvalue weighted by Crippen LogP contribution is 2.27. The fourth-order valence-corrected chi connectivity index (χ4v) is 3.04. The maximum absolute atomic E-state index is 12.5. The highest BCUT2D eigenvalue weighted by atomic mass is 16.4. The summed E-state index contributed by atoms with van der Waals surface area (Å²) < 4.78 is 0. The van der Waals surface area contributed by atoms with Crippen molar-refractivity contribution < 1.29 is 19.5 Å². The monoisotopic (exact) mass is 306 g/mol. The van der Waals surface area contributed by atoms with Crippen LogP contribution in [0.25, 0.3) is 0 Å². The highest BCUT2D eigenvalue weighted by Gasteiger charge is 2.35. The molecule has 0 bridgehead atoms. The van der Waals surface area contributed by atoms with Gasteiger partial charge in [-0.2, -0.15) is 0 Å². The summed E-state index contributed by atoms with van der Waals surface area (Å²) in [6, 6.07) is 0. The molecule has 1 heterocycles. The quantitative estimate of drug-likeness (QED) is 0.776. The fraction of sp³-hybridized carbons (Fsp3) is 0.562. The van der Waals surface area contributed by atoms with Gasteiger partial charge in [0.25, 0.3) is 5.91 Å². The molecule has 3 N–H and O–H groups in total. The van der Waals surface area contributed by atoms with Crippen molar-refractivity contribution in [3.63, 3.8) is 0 Å². The molecule has 1 aliphatic rings. The number of Topliss-reactive ketones (excluding diaryl/α,β-unsaturated/α-hetero) is 1. The molecular formula is C16H22N2O4. The molecule has 6 heteroatoms. The summed E-state index contributed by atoms with van der Waals surface area (Å²) in [5.41, 5.74) is 0.981. The van der Waals surface area contributed by atoms with Crippen LogP contribution in [0.1, 0.15) is 71.6 Å². The summed E-state index contributed by atoms with van der Waals surface area (Å²) in [6.45, 7) is 5.09. The van der Waals surface area contributed by atoms with Crippen LogP contribution in [0.15, 0.2) is 0 Å². The number of carbonyl (C=O) groups is 3. The predicted octanol–water partition coefficient (Wildman–Crippen LogP) is 2.22. The summed E-state index contributed by atoms with van der Waals surface area (Å²) in [5.74, 6) is -1.49. The normalized spacial score (nSPS) is 16.8. The third-order valence-corrected chi connectivity index (χ3v) is 4.28. The molecule has 0 aromatic carbocycles. The molecule has 1 atom stereocenters. The van der Waals surface area contributed by atoms with E-state index in [-0.39, 0.29) is 5.78 Å². The van der Waals surface area contributed by atoms with Crippen LogP contribution < -0.4 is 5.32 Å². The van der Waals surface area contributed by atoms with Gasteiger partial charge in [-0.15, -0.1) is 0 Å². The van der Waals surface area contributed by atoms with Gasteiger partial charge in [-0.05, 0) is 38.7 Å². The van der Waals surface area contributed by atoms with E-state index in [0.29, 0.717) is 36.1 Å². The zero-order chi connectivity index (χ0) is 16.5. The van der Waals surface area contributed by atoms with Crippen molar-refractivity contribution in [2.75, 3.05) is 0 Å². The number of amides is 1. The van der Waals surface area contributed by atoms with Crippen LogP contribution in [0, 0.1) is 6.92 Å². The first-order valence-electron chi connectivity index (χ1n) is 7.60. The van der Waals surface area contributed by atoms with Gasteiger partial charge in [0.15, 0.2) is 5.78 Å². The van der Waals surface area contributed by atoms with Crippen LogP contribution in [0.5, 0.6) is 0 Å². The minimum atomic E-state index is -1.31. The van der Waals surface area contributed by atoms with Gasteiger partial charge in [0.05, 0.1) is 0 Å². The molecule has 0 aliphatic heterocycles. The van der Waals surface area contributed by atoms with E-state index in [2.05, 4.69) is 10.3 Å². The minimum Gasteiger partial charge on any atom is -0.480 e. The van der Waals surface area contributed by atoms with E-state index in [0.717, 1.165) is 18.5 Å². The average molecular weight is 306 g/mol. The molecule has 0 saturated carbocycles. The zero-order valence-corrected chi connectivity index (χ0v) is 13.2. The lowest BCUT2D eigenvalue weighted by molar-refractivity contribution is -0.144. The molecule has 0 spiro atoms. The van der Waals surface area contributed by atoms with E-state index >= 15 is 0 Å². The first-order chi connectivity index (χ1) is 10.3. The lowest BCUT2D eigenvalue weighted by Gasteiger charge is -2.25. The Morgan fingerprint density at radius 2 is 2.05 bits per heavy atom. The van der Waals surface area contributed by atoms with Crippen molar-refractivity contribution in [3.8, 4) is 0 Å². The molecule has 6 nitrogen and oxygen atoms in total. The van der Waals surface area contributed by atoms with Gasteiger partial charge in [0.1, 0.15) is 11.2 Å². The maximum atomic E-state index is 12.5. The molecule has 2 rings (SSSR count). The van der Waals surface area contributed by atoms with Gasteiger partial charge in [0, 0.05) is 17.7 Å². The summed E-state index contributed by atoms with van der Waals surface area (Å²) in [6.07, 6.45) is 2.99. The number of carbonyl (C=O) groups excluding carboxylic acids is 2. The van der Waals surface area contributed by atoms with E-state index in [1.165, 1.54) is 6.92 Å². The van der Waals surface area contributed by atoms with Crippen molar-refractivity contribution in [2.24, 2.45) is 0 Å². The van der Waals surface area contributed by atoms with Crippen molar-refractivity contribution in [2.45, 2.75) is 58.4 Å². The summed E-state index contributed by atoms with van der Waals surface area (Å²) in [7, 11) is 0. The SMILES string of the molecule is CCCC(C)(NC(=O)c1[nH]c2c(c1C)C(=O)CCC2)C(=O)O. The Morgan fingerprint density at radius 1 is 1.36 bits per heavy atom. The first-order valence-corrected chi connectivity index (χ1v) is 7.60. The Bertz CT molecular complexity index is 632. The smallest absolute Gasteiger partial charge is 0.329 e. The number of fused-ring (bicyclic) bond motifs is 1. The van der Waals surface area contributed by atoms with E-state index in [4.69, 9.17) is 0 Å². The maximum Gasteiger partial charge on any atom is 0.329 e. The van der Waals surface area contributed by atoms with Gasteiger partial charge >= 0.3 is 5.97 Å². The number of H-pyrrole nitrogens is 1. The number of carboxylic acid groups (broad SMARTS) is 1. The van der Waals surface area contributed by atoms with Crippen LogP contribution in [0.3, 0.4) is 0 Å². The standard InChI is InChI=1S/C16H22N2O4/c1-4-8-16(3,15(21)22)18-14(20)13-9(2)12-10(17-13)6-5-7-11(12)19/h17H,4-8H2,1-3H3,(H,18,20)(H,21,22). The Morgan fingerprint density at radius 3 is 2.59 bits per heavy atom. The number of aliphatic carboxylic acids is 1. The van der Waals surface area contributed by atoms with Gasteiger partial charge in [0.2, 0.25) is 0 Å². The Kier molecular flexibility index (Phi) is 4.39. The molecule has 1 aliphatic carbocycles. The van der Waals surface area contributed by atoms with Gasteiger partial charge in [-0.3, -0.25) is 9.59 Å². The highest BCUT2D eigenvalue weighted by molar-refractivity contribution is 6.05. The third kappa shape index (κ3) is 2.77. The second-order valence-electron chi connectivity index (χ2n) is 6.10. The van der Waals surface area contributed by atoms with E-state index in [1.54, 1.807) is 6.92 Å². The van der Waals surface area contributed by atoms with Crippen LogP contribution in [0.4, 0.5) is 0 Å². The van der Waals surface area contributed by atoms with Crippen LogP contribution in [-0.4, -0.2) is 33.3 Å².